The molecule has 2 unspecified atom stereocenters. The van der Waals surface area contributed by atoms with Crippen LogP contribution in [0.25, 0.3) is 10.1 Å². The first-order chi connectivity index (χ1) is 13.5. The Balaban J connectivity index is 1.49. The average Bonchev–Trinajstić information content (AvgIpc) is 3.40. The number of methoxy groups -OCH3 is 1. The monoisotopic (exact) mass is 419 g/mol. The third-order valence-electron chi connectivity index (χ3n) is 4.89. The molecule has 3 aromatic rings. The summed E-state index contributed by atoms with van der Waals surface area (Å²) in [6.07, 6.45) is 0.610. The van der Waals surface area contributed by atoms with Crippen molar-refractivity contribution in [3.8, 4) is 0 Å². The van der Waals surface area contributed by atoms with E-state index in [0.29, 0.717) is 33.9 Å². The van der Waals surface area contributed by atoms with Crippen LogP contribution in [0, 0.1) is 12.7 Å². The minimum atomic E-state index is -0.328. The maximum Gasteiger partial charge on any atom is 0.322 e. The number of esters is 1. The number of rotatable bonds is 4. The molecule has 0 saturated carbocycles. The van der Waals surface area contributed by atoms with Gasteiger partial charge in [0.25, 0.3) is 5.91 Å². The van der Waals surface area contributed by atoms with E-state index < -0.39 is 0 Å². The third-order valence-corrected chi connectivity index (χ3v) is 6.92. The number of anilines is 1. The Morgan fingerprint density at radius 2 is 2.21 bits per heavy atom. The smallest absolute Gasteiger partial charge is 0.322 e. The first-order valence-corrected chi connectivity index (χ1v) is 10.4. The van der Waals surface area contributed by atoms with Crippen LogP contribution in [0.1, 0.15) is 33.3 Å². The van der Waals surface area contributed by atoms with Gasteiger partial charge in [-0.15, -0.1) is 22.7 Å². The van der Waals surface area contributed by atoms with Crippen molar-refractivity contribution < 1.29 is 18.7 Å². The van der Waals surface area contributed by atoms with Gasteiger partial charge in [0.1, 0.15) is 11.9 Å². The van der Waals surface area contributed by atoms with Gasteiger partial charge in [-0.05, 0) is 31.0 Å². The summed E-state index contributed by atoms with van der Waals surface area (Å²) in [5.74, 6) is -0.809. The van der Waals surface area contributed by atoms with Crippen molar-refractivity contribution in [3.63, 3.8) is 0 Å². The highest BCUT2D eigenvalue weighted by atomic mass is 32.1. The van der Waals surface area contributed by atoms with E-state index in [1.807, 2.05) is 5.38 Å². The quantitative estimate of drug-likeness (QED) is 0.631. The highest BCUT2D eigenvalue weighted by molar-refractivity contribution is 7.21. The lowest BCUT2D eigenvalue weighted by atomic mass is 10.0. The fourth-order valence-electron chi connectivity index (χ4n) is 3.44. The van der Waals surface area contributed by atoms with Crippen LogP contribution in [-0.4, -0.2) is 36.6 Å². The summed E-state index contributed by atoms with van der Waals surface area (Å²) in [5, 5.41) is 8.80. The van der Waals surface area contributed by atoms with Gasteiger partial charge in [-0.1, -0.05) is 6.07 Å². The minimum absolute atomic E-state index is 0.0890. The number of carbonyl (C=O) groups is 2. The summed E-state index contributed by atoms with van der Waals surface area (Å²) in [4.78, 5) is 29.3. The lowest BCUT2D eigenvalue weighted by Crippen LogP contribution is -2.31. The van der Waals surface area contributed by atoms with E-state index in [1.165, 1.54) is 35.8 Å². The molecule has 9 heteroatoms. The Kier molecular flexibility index (Phi) is 5.13. The van der Waals surface area contributed by atoms with Crippen molar-refractivity contribution in [3.05, 3.63) is 45.5 Å². The van der Waals surface area contributed by atoms with Gasteiger partial charge in [-0.3, -0.25) is 14.9 Å². The summed E-state index contributed by atoms with van der Waals surface area (Å²) in [5.41, 5.74) is 1.46. The number of thiazole rings is 1. The van der Waals surface area contributed by atoms with Crippen LogP contribution >= 0.6 is 22.7 Å². The van der Waals surface area contributed by atoms with Crippen LogP contribution in [-0.2, 0) is 9.53 Å². The molecule has 1 fully saturated rings. The molecule has 1 aliphatic heterocycles. The number of thiophene rings is 1. The molecule has 28 heavy (non-hydrogen) atoms. The van der Waals surface area contributed by atoms with Gasteiger partial charge in [0.15, 0.2) is 5.13 Å². The average molecular weight is 420 g/mol. The molecular weight excluding hydrogens is 401 g/mol. The fraction of sp³-hybridized carbons (Fsp3) is 0.316. The van der Waals surface area contributed by atoms with Crippen molar-refractivity contribution in [2.45, 2.75) is 25.3 Å². The summed E-state index contributed by atoms with van der Waals surface area (Å²) >= 11 is 2.60. The van der Waals surface area contributed by atoms with Crippen molar-refractivity contribution in [1.82, 2.24) is 10.3 Å². The highest BCUT2D eigenvalue weighted by Gasteiger charge is 2.32. The zero-order chi connectivity index (χ0) is 19.8. The number of aromatic nitrogens is 1. The van der Waals surface area contributed by atoms with E-state index >= 15 is 0 Å². The topological polar surface area (TPSA) is 80.3 Å². The van der Waals surface area contributed by atoms with E-state index in [2.05, 4.69) is 15.6 Å². The van der Waals surface area contributed by atoms with Gasteiger partial charge in [-0.25, -0.2) is 9.37 Å². The molecule has 146 valence electrons. The summed E-state index contributed by atoms with van der Waals surface area (Å²) in [7, 11) is 1.37. The molecule has 1 aliphatic rings. The van der Waals surface area contributed by atoms with Crippen molar-refractivity contribution in [1.29, 1.82) is 0 Å². The number of hydrogen-bond acceptors (Lipinski definition) is 7. The lowest BCUT2D eigenvalue weighted by molar-refractivity contribution is -0.142. The molecule has 0 aliphatic carbocycles. The first kappa shape index (κ1) is 19.0. The van der Waals surface area contributed by atoms with Crippen LogP contribution in [0.4, 0.5) is 9.52 Å². The number of benzene rings is 1. The van der Waals surface area contributed by atoms with Crippen molar-refractivity contribution in [2.75, 3.05) is 19.0 Å². The molecule has 3 heterocycles. The van der Waals surface area contributed by atoms with Gasteiger partial charge >= 0.3 is 5.97 Å². The summed E-state index contributed by atoms with van der Waals surface area (Å²) < 4.78 is 19.6. The number of amides is 1. The highest BCUT2D eigenvalue weighted by Crippen LogP contribution is 2.34. The number of nitrogens with zero attached hydrogens (tertiary/aromatic N) is 1. The van der Waals surface area contributed by atoms with Gasteiger partial charge in [0, 0.05) is 27.9 Å². The third kappa shape index (κ3) is 3.41. The van der Waals surface area contributed by atoms with Gasteiger partial charge in [0.05, 0.1) is 17.7 Å². The molecule has 1 saturated heterocycles. The Hall–Kier alpha value is -2.36. The van der Waals surface area contributed by atoms with Crippen LogP contribution in [0.5, 0.6) is 0 Å². The summed E-state index contributed by atoms with van der Waals surface area (Å²) in [6, 6.07) is 4.51. The molecule has 6 nitrogen and oxygen atoms in total. The molecule has 2 atom stereocenters. The van der Waals surface area contributed by atoms with Crippen molar-refractivity contribution in [2.24, 2.45) is 0 Å². The maximum absolute atomic E-state index is 14.1. The number of aryl methyl sites for hydroxylation is 1. The number of carbonyl (C=O) groups excluding carboxylic acids is 2. The lowest BCUT2D eigenvalue weighted by Gasteiger charge is -2.06. The minimum Gasteiger partial charge on any atom is -0.468 e. The van der Waals surface area contributed by atoms with Crippen LogP contribution in [0.15, 0.2) is 23.6 Å². The van der Waals surface area contributed by atoms with Gasteiger partial charge in [-0.2, -0.15) is 0 Å². The molecule has 2 N–H and O–H groups in total. The predicted molar refractivity (Wildman–Crippen MR) is 108 cm³/mol. The molecule has 0 bridgehead atoms. The number of nitrogens with one attached hydrogen (secondary N) is 2. The number of hydrogen-bond donors (Lipinski definition) is 2. The maximum atomic E-state index is 14.1. The van der Waals surface area contributed by atoms with Gasteiger partial charge in [0.2, 0.25) is 0 Å². The van der Waals surface area contributed by atoms with E-state index in [0.717, 1.165) is 10.4 Å². The Bertz CT molecular complexity index is 1060. The standard InChI is InChI=1S/C19H18FN3O3S2/c1-9-15-11(20)4-3-5-14(15)28-16(9)17(24)23-19-22-13(8-27-19)10-6-12(21-7-10)18(25)26-2/h3-5,8,10,12,21H,6-7H2,1-2H3,(H,22,23,24). The number of halogens is 1. The zero-order valence-electron chi connectivity index (χ0n) is 15.2. The molecule has 2 aromatic heterocycles. The van der Waals surface area contributed by atoms with E-state index in [-0.39, 0.29) is 29.7 Å². The van der Waals surface area contributed by atoms with E-state index in [1.54, 1.807) is 19.1 Å². The normalized spacial score (nSPS) is 19.1. The molecule has 0 radical (unpaired) electrons. The molecule has 1 aromatic carbocycles. The van der Waals surface area contributed by atoms with Crippen LogP contribution < -0.4 is 10.6 Å². The fourth-order valence-corrected chi connectivity index (χ4v) is 5.34. The molecular formula is C19H18FN3O3S2. The first-order valence-electron chi connectivity index (χ1n) is 8.73. The van der Waals surface area contributed by atoms with Crippen LogP contribution in [0.3, 0.4) is 0 Å². The van der Waals surface area contributed by atoms with Gasteiger partial charge < -0.3 is 10.1 Å². The second-order valence-electron chi connectivity index (χ2n) is 6.62. The molecule has 0 spiro atoms. The molecule has 4 rings (SSSR count). The SMILES string of the molecule is COC(=O)C1CC(c2csc(NC(=O)c3sc4cccc(F)c4c3C)n2)CN1. The molecule has 1 amide bonds. The van der Waals surface area contributed by atoms with E-state index in [4.69, 9.17) is 4.74 Å². The zero-order valence-corrected chi connectivity index (χ0v) is 16.9. The second kappa shape index (κ2) is 7.57. The largest absolute Gasteiger partial charge is 0.468 e. The predicted octanol–water partition coefficient (Wildman–Crippen LogP) is 3.68. The van der Waals surface area contributed by atoms with E-state index in [9.17, 15) is 14.0 Å². The van der Waals surface area contributed by atoms with Crippen LogP contribution in [0.2, 0.25) is 0 Å². The summed E-state index contributed by atoms with van der Waals surface area (Å²) in [6.45, 7) is 2.38. The van der Waals surface area contributed by atoms with Crippen molar-refractivity contribution >= 4 is 49.8 Å². The second-order valence-corrected chi connectivity index (χ2v) is 8.53. The number of ether oxygens (including phenoxy) is 1. The Morgan fingerprint density at radius 3 is 2.96 bits per heavy atom. The Labute approximate surface area is 168 Å². The Morgan fingerprint density at radius 1 is 1.39 bits per heavy atom. The number of fused-ring (bicyclic) bond motifs is 1.